The fourth-order valence-corrected chi connectivity index (χ4v) is 3.20. The van der Waals surface area contributed by atoms with Crippen molar-refractivity contribution in [2.75, 3.05) is 11.4 Å². The summed E-state index contributed by atoms with van der Waals surface area (Å²) in [5.41, 5.74) is 6.30. The van der Waals surface area contributed by atoms with Crippen LogP contribution in [0.5, 0.6) is 0 Å². The molecule has 1 fully saturated rings. The molecule has 1 heterocycles. The van der Waals surface area contributed by atoms with Gasteiger partial charge in [-0.3, -0.25) is 4.79 Å². The molecule has 1 aromatic heterocycles. The second-order valence-electron chi connectivity index (χ2n) is 5.59. The van der Waals surface area contributed by atoms with Crippen molar-refractivity contribution in [2.45, 2.75) is 51.5 Å². The molecule has 5 nitrogen and oxygen atoms in total. The van der Waals surface area contributed by atoms with Gasteiger partial charge in [0.25, 0.3) is 0 Å². The number of rotatable bonds is 5. The van der Waals surface area contributed by atoms with Crippen LogP contribution in [0.3, 0.4) is 0 Å². The van der Waals surface area contributed by atoms with E-state index in [4.69, 9.17) is 17.3 Å². The highest BCUT2D eigenvalue weighted by Gasteiger charge is 2.28. The molecule has 6 heteroatoms. The third kappa shape index (κ3) is 3.20. The third-order valence-electron chi connectivity index (χ3n) is 3.76. The van der Waals surface area contributed by atoms with E-state index in [9.17, 15) is 4.79 Å². The van der Waals surface area contributed by atoms with E-state index in [-0.39, 0.29) is 18.4 Å². The van der Waals surface area contributed by atoms with Gasteiger partial charge < -0.3 is 10.6 Å². The Balaban J connectivity index is 2.42. The largest absolute Gasteiger partial charge is 0.368 e. The average Bonchev–Trinajstić information content (AvgIpc) is 2.88. The number of nitrogens with two attached hydrogens (primary N) is 1. The van der Waals surface area contributed by atoms with Crippen molar-refractivity contribution in [3.8, 4) is 0 Å². The van der Waals surface area contributed by atoms with E-state index in [0.717, 1.165) is 24.2 Å². The van der Waals surface area contributed by atoms with Gasteiger partial charge in [-0.15, -0.1) is 0 Å². The number of primary amides is 1. The maximum Gasteiger partial charge on any atom is 0.237 e. The Kier molecular flexibility index (Phi) is 4.81. The zero-order valence-electron chi connectivity index (χ0n) is 12.0. The molecule has 0 atom stereocenters. The van der Waals surface area contributed by atoms with Crippen LogP contribution in [-0.2, 0) is 4.79 Å². The molecule has 1 aliphatic carbocycles. The molecule has 2 rings (SSSR count). The fourth-order valence-electron chi connectivity index (χ4n) is 2.85. The second kappa shape index (κ2) is 6.39. The number of halogens is 1. The Morgan fingerprint density at radius 3 is 2.65 bits per heavy atom. The number of hydrogen-bond donors (Lipinski definition) is 1. The van der Waals surface area contributed by atoms with Gasteiger partial charge >= 0.3 is 0 Å². The molecule has 0 spiro atoms. The molecular weight excluding hydrogens is 276 g/mol. The molecular formula is C14H21ClN4O. The van der Waals surface area contributed by atoms with Gasteiger partial charge in [0.15, 0.2) is 0 Å². The Hall–Kier alpha value is -1.36. The predicted octanol–water partition coefficient (Wildman–Crippen LogP) is 2.49. The monoisotopic (exact) mass is 296 g/mol. The van der Waals surface area contributed by atoms with Gasteiger partial charge in [-0.05, 0) is 18.8 Å². The molecule has 1 saturated carbocycles. The number of nitrogens with zero attached hydrogens (tertiary/aromatic N) is 3. The first-order chi connectivity index (χ1) is 9.50. The number of aromatic nitrogens is 2. The summed E-state index contributed by atoms with van der Waals surface area (Å²) in [7, 11) is 0. The summed E-state index contributed by atoms with van der Waals surface area (Å²) >= 11 is 6.22. The lowest BCUT2D eigenvalue weighted by atomic mass is 10.0. The van der Waals surface area contributed by atoms with Crippen LogP contribution in [0.1, 0.15) is 51.0 Å². The minimum atomic E-state index is -0.346. The van der Waals surface area contributed by atoms with Gasteiger partial charge in [-0.1, -0.05) is 38.3 Å². The first-order valence-electron chi connectivity index (χ1n) is 7.06. The van der Waals surface area contributed by atoms with E-state index in [1.54, 1.807) is 0 Å². The highest BCUT2D eigenvalue weighted by molar-refractivity contribution is 6.30. The molecule has 0 radical (unpaired) electrons. The van der Waals surface area contributed by atoms with Crippen LogP contribution in [0.4, 0.5) is 5.82 Å². The quantitative estimate of drug-likeness (QED) is 0.847. The number of amides is 1. The minimum Gasteiger partial charge on any atom is -0.368 e. The molecule has 0 bridgehead atoms. The van der Waals surface area contributed by atoms with Gasteiger partial charge in [-0.2, -0.15) is 0 Å². The Morgan fingerprint density at radius 1 is 1.45 bits per heavy atom. The summed E-state index contributed by atoms with van der Waals surface area (Å²) in [6.45, 7) is 4.27. The molecule has 2 N–H and O–H groups in total. The van der Waals surface area contributed by atoms with Crippen molar-refractivity contribution in [3.63, 3.8) is 0 Å². The normalized spacial score (nSPS) is 15.8. The van der Waals surface area contributed by atoms with E-state index < -0.39 is 0 Å². The first kappa shape index (κ1) is 15.0. The highest BCUT2D eigenvalue weighted by Crippen LogP contribution is 2.34. The maximum absolute atomic E-state index is 11.4. The number of anilines is 1. The minimum absolute atomic E-state index is 0.178. The zero-order valence-corrected chi connectivity index (χ0v) is 12.7. The van der Waals surface area contributed by atoms with Crippen molar-refractivity contribution >= 4 is 23.3 Å². The van der Waals surface area contributed by atoms with Crippen LogP contribution < -0.4 is 10.6 Å². The second-order valence-corrected chi connectivity index (χ2v) is 5.95. The number of carbonyl (C=O) groups excluding carboxylic acids is 1. The highest BCUT2D eigenvalue weighted by atomic mass is 35.5. The Morgan fingerprint density at radius 2 is 2.10 bits per heavy atom. The van der Waals surface area contributed by atoms with E-state index >= 15 is 0 Å². The van der Waals surface area contributed by atoms with Crippen molar-refractivity contribution in [1.82, 2.24) is 9.97 Å². The summed E-state index contributed by atoms with van der Waals surface area (Å²) < 4.78 is 0. The number of hydrogen-bond acceptors (Lipinski definition) is 4. The van der Waals surface area contributed by atoms with E-state index in [0.29, 0.717) is 11.2 Å². The molecule has 1 aliphatic rings. The maximum atomic E-state index is 11.4. The lowest BCUT2D eigenvalue weighted by Crippen LogP contribution is -2.41. The van der Waals surface area contributed by atoms with E-state index in [1.165, 1.54) is 19.2 Å². The smallest absolute Gasteiger partial charge is 0.237 e. The molecule has 0 aromatic carbocycles. The topological polar surface area (TPSA) is 72.1 Å². The summed E-state index contributed by atoms with van der Waals surface area (Å²) in [6, 6.07) is 0.311. The van der Waals surface area contributed by atoms with Crippen LogP contribution in [0.25, 0.3) is 0 Å². The average molecular weight is 297 g/mol. The SMILES string of the molecule is CC(C)c1c(Cl)ncnc1N(CC(N)=O)C1CCCC1. The van der Waals surface area contributed by atoms with Crippen molar-refractivity contribution in [1.29, 1.82) is 0 Å². The lowest BCUT2D eigenvalue weighted by Gasteiger charge is -2.31. The predicted molar refractivity (Wildman–Crippen MR) is 79.9 cm³/mol. The van der Waals surface area contributed by atoms with Crippen molar-refractivity contribution < 1.29 is 4.79 Å². The number of carbonyl (C=O) groups is 1. The Bertz CT molecular complexity index is 486. The van der Waals surface area contributed by atoms with Crippen LogP contribution in [0.2, 0.25) is 5.15 Å². The molecule has 0 aliphatic heterocycles. The van der Waals surface area contributed by atoms with Crippen LogP contribution in [-0.4, -0.2) is 28.5 Å². The first-order valence-corrected chi connectivity index (χ1v) is 7.43. The van der Waals surface area contributed by atoms with Crippen LogP contribution in [0.15, 0.2) is 6.33 Å². The van der Waals surface area contributed by atoms with Gasteiger partial charge in [0, 0.05) is 11.6 Å². The molecule has 20 heavy (non-hydrogen) atoms. The van der Waals surface area contributed by atoms with Gasteiger partial charge in [0.2, 0.25) is 5.91 Å². The fraction of sp³-hybridized carbons (Fsp3) is 0.643. The molecule has 1 amide bonds. The van der Waals surface area contributed by atoms with Crippen LogP contribution >= 0.6 is 11.6 Å². The molecule has 0 unspecified atom stereocenters. The summed E-state index contributed by atoms with van der Waals surface area (Å²) in [5, 5.41) is 0.456. The Labute approximate surface area is 124 Å². The van der Waals surface area contributed by atoms with E-state index in [2.05, 4.69) is 9.97 Å². The van der Waals surface area contributed by atoms with Crippen molar-refractivity contribution in [3.05, 3.63) is 17.0 Å². The summed E-state index contributed by atoms with van der Waals surface area (Å²) in [5.74, 6) is 0.600. The van der Waals surface area contributed by atoms with Gasteiger partial charge in [0.1, 0.15) is 17.3 Å². The van der Waals surface area contributed by atoms with Crippen LogP contribution in [0, 0.1) is 0 Å². The standard InChI is InChI=1S/C14H21ClN4O/c1-9(2)12-13(15)17-8-18-14(12)19(7-11(16)20)10-5-3-4-6-10/h8-10H,3-7H2,1-2H3,(H2,16,20). The summed E-state index contributed by atoms with van der Waals surface area (Å²) in [6.07, 6.45) is 5.93. The zero-order chi connectivity index (χ0) is 14.7. The third-order valence-corrected chi connectivity index (χ3v) is 4.06. The molecule has 0 saturated heterocycles. The molecule has 110 valence electrons. The molecule has 1 aromatic rings. The van der Waals surface area contributed by atoms with Gasteiger partial charge in [0.05, 0.1) is 6.54 Å². The van der Waals surface area contributed by atoms with E-state index in [1.807, 2.05) is 18.7 Å². The summed E-state index contributed by atoms with van der Waals surface area (Å²) in [4.78, 5) is 21.9. The lowest BCUT2D eigenvalue weighted by molar-refractivity contribution is -0.116. The van der Waals surface area contributed by atoms with Crippen molar-refractivity contribution in [2.24, 2.45) is 5.73 Å². The van der Waals surface area contributed by atoms with Gasteiger partial charge in [-0.25, -0.2) is 9.97 Å².